The molecule has 0 unspecified atom stereocenters. The van der Waals surface area contributed by atoms with Gasteiger partial charge in [0.25, 0.3) is 0 Å². The van der Waals surface area contributed by atoms with Gasteiger partial charge in [0.15, 0.2) is 0 Å². The van der Waals surface area contributed by atoms with Crippen LogP contribution in [-0.4, -0.2) is 16.2 Å². The number of rotatable bonds is 6. The monoisotopic (exact) mass is 246 g/mol. The molecule has 0 aliphatic rings. The summed E-state index contributed by atoms with van der Waals surface area (Å²) >= 11 is 0. The van der Waals surface area contributed by atoms with Crippen molar-refractivity contribution >= 4 is 5.97 Å². The van der Waals surface area contributed by atoms with Gasteiger partial charge in [-0.15, -0.1) is 0 Å². The molecular weight excluding hydrogens is 232 g/mol. The lowest BCUT2D eigenvalue weighted by Crippen LogP contribution is -2.14. The van der Waals surface area contributed by atoms with Gasteiger partial charge in [-0.3, -0.25) is 4.79 Å². The Morgan fingerprint density at radius 1 is 1.22 bits per heavy atom. The molecule has 0 aliphatic heterocycles. The highest BCUT2D eigenvalue weighted by atomic mass is 16.5. The summed E-state index contributed by atoms with van der Waals surface area (Å²) in [5.41, 5.74) is 1.81. The van der Waals surface area contributed by atoms with E-state index in [1.165, 1.54) is 0 Å². The molecule has 1 aromatic heterocycles. The highest BCUT2D eigenvalue weighted by Crippen LogP contribution is 2.09. The molecule has 1 aromatic carbocycles. The van der Waals surface area contributed by atoms with E-state index in [-0.39, 0.29) is 6.42 Å². The van der Waals surface area contributed by atoms with Gasteiger partial charge >= 0.3 is 5.97 Å². The smallest absolute Gasteiger partial charge is 0.307 e. The molecule has 0 bridgehead atoms. The van der Waals surface area contributed by atoms with Crippen molar-refractivity contribution in [2.24, 2.45) is 0 Å². The Morgan fingerprint density at radius 2 is 2.00 bits per heavy atom. The maximum absolute atomic E-state index is 10.7. The fourth-order valence-corrected chi connectivity index (χ4v) is 1.72. The average molecular weight is 246 g/mol. The minimum absolute atomic E-state index is 0.0418. The number of benzene rings is 1. The zero-order chi connectivity index (χ0) is 12.8. The third-order valence-electron chi connectivity index (χ3n) is 2.57. The normalized spacial score (nSPS) is 10.4. The van der Waals surface area contributed by atoms with Crippen molar-refractivity contribution in [3.8, 4) is 0 Å². The quantitative estimate of drug-likeness (QED) is 0.809. The van der Waals surface area contributed by atoms with E-state index in [1.807, 2.05) is 24.3 Å². The summed E-state index contributed by atoms with van der Waals surface area (Å²) in [4.78, 5) is 10.7. The van der Waals surface area contributed by atoms with Gasteiger partial charge in [0.1, 0.15) is 5.76 Å². The van der Waals surface area contributed by atoms with E-state index >= 15 is 0 Å². The number of nitrogens with zero attached hydrogens (tertiary/aromatic N) is 1. The van der Waals surface area contributed by atoms with Crippen LogP contribution in [-0.2, 0) is 24.3 Å². The summed E-state index contributed by atoms with van der Waals surface area (Å²) in [7, 11) is 0. The molecule has 2 rings (SSSR count). The second-order valence-corrected chi connectivity index (χ2v) is 3.92. The number of carboxylic acid groups (broad SMARTS) is 1. The van der Waals surface area contributed by atoms with E-state index < -0.39 is 5.97 Å². The van der Waals surface area contributed by atoms with E-state index in [0.717, 1.165) is 16.9 Å². The van der Waals surface area contributed by atoms with Crippen LogP contribution in [0.2, 0.25) is 0 Å². The van der Waals surface area contributed by atoms with Crippen LogP contribution in [0.3, 0.4) is 0 Å². The first kappa shape index (κ1) is 12.3. The first-order valence-electron chi connectivity index (χ1n) is 5.64. The number of carbonyl (C=O) groups is 1. The fourth-order valence-electron chi connectivity index (χ4n) is 1.72. The molecule has 18 heavy (non-hydrogen) atoms. The number of hydrogen-bond acceptors (Lipinski definition) is 4. The third-order valence-corrected chi connectivity index (χ3v) is 2.57. The summed E-state index contributed by atoms with van der Waals surface area (Å²) in [5.74, 6) is -0.0663. The summed E-state index contributed by atoms with van der Waals surface area (Å²) < 4.78 is 4.96. The Morgan fingerprint density at radius 3 is 2.67 bits per heavy atom. The van der Waals surface area contributed by atoms with Gasteiger partial charge in [-0.2, -0.15) is 0 Å². The first-order chi connectivity index (χ1) is 8.75. The molecule has 0 saturated carbocycles. The topological polar surface area (TPSA) is 75.4 Å². The predicted octanol–water partition coefficient (Wildman–Crippen LogP) is 1.59. The van der Waals surface area contributed by atoms with Crippen molar-refractivity contribution in [3.05, 3.63) is 53.4 Å². The van der Waals surface area contributed by atoms with Crippen molar-refractivity contribution < 1.29 is 14.4 Å². The van der Waals surface area contributed by atoms with Crippen LogP contribution in [0.4, 0.5) is 0 Å². The lowest BCUT2D eigenvalue weighted by molar-refractivity contribution is -0.136. The van der Waals surface area contributed by atoms with Gasteiger partial charge in [0.05, 0.1) is 19.2 Å². The minimum atomic E-state index is -0.822. The van der Waals surface area contributed by atoms with Crippen molar-refractivity contribution in [3.63, 3.8) is 0 Å². The maximum atomic E-state index is 10.7. The van der Waals surface area contributed by atoms with Gasteiger partial charge < -0.3 is 14.9 Å². The highest BCUT2D eigenvalue weighted by Gasteiger charge is 2.06. The summed E-state index contributed by atoms with van der Waals surface area (Å²) in [5, 5.41) is 15.6. The van der Waals surface area contributed by atoms with Gasteiger partial charge in [0, 0.05) is 12.6 Å². The standard InChI is InChI=1S/C13H14N2O3/c16-13(17)7-10-3-1-2-4-11(10)8-14-9-12-5-6-15-18-12/h1-6,14H,7-9H2,(H,16,17). The molecule has 1 heterocycles. The number of hydrogen-bond donors (Lipinski definition) is 2. The number of aliphatic carboxylic acids is 1. The molecule has 2 aromatic rings. The van der Waals surface area contributed by atoms with E-state index in [0.29, 0.717) is 13.1 Å². The summed E-state index contributed by atoms with van der Waals surface area (Å²) in [6, 6.07) is 9.29. The van der Waals surface area contributed by atoms with Crippen LogP contribution in [0.25, 0.3) is 0 Å². The second kappa shape index (κ2) is 5.97. The molecule has 0 saturated heterocycles. The highest BCUT2D eigenvalue weighted by molar-refractivity contribution is 5.70. The zero-order valence-electron chi connectivity index (χ0n) is 9.80. The van der Waals surface area contributed by atoms with E-state index in [1.54, 1.807) is 12.3 Å². The Balaban J connectivity index is 1.94. The first-order valence-corrected chi connectivity index (χ1v) is 5.64. The molecule has 94 valence electrons. The Kier molecular flexibility index (Phi) is 4.09. The van der Waals surface area contributed by atoms with Gasteiger partial charge in [-0.05, 0) is 11.1 Å². The van der Waals surface area contributed by atoms with Gasteiger partial charge in [0.2, 0.25) is 0 Å². The molecular formula is C13H14N2O3. The number of aromatic nitrogens is 1. The lowest BCUT2D eigenvalue weighted by atomic mass is 10.0. The summed E-state index contributed by atoms with van der Waals surface area (Å²) in [6.07, 6.45) is 1.63. The third kappa shape index (κ3) is 3.43. The molecule has 0 atom stereocenters. The maximum Gasteiger partial charge on any atom is 0.307 e. The zero-order valence-corrected chi connectivity index (χ0v) is 9.80. The summed E-state index contributed by atoms with van der Waals surface area (Å²) in [6.45, 7) is 1.17. The number of carboxylic acids is 1. The molecule has 0 radical (unpaired) electrons. The molecule has 0 amide bonds. The van der Waals surface area contributed by atoms with Crippen molar-refractivity contribution in [2.75, 3.05) is 0 Å². The van der Waals surface area contributed by atoms with Crippen LogP contribution in [0.1, 0.15) is 16.9 Å². The Bertz CT molecular complexity index is 509. The molecule has 5 heteroatoms. The van der Waals surface area contributed by atoms with Crippen LogP contribution >= 0.6 is 0 Å². The Labute approximate surface area is 104 Å². The average Bonchev–Trinajstić information content (AvgIpc) is 2.84. The van der Waals surface area contributed by atoms with Crippen molar-refractivity contribution in [1.82, 2.24) is 10.5 Å². The molecule has 0 aliphatic carbocycles. The second-order valence-electron chi connectivity index (χ2n) is 3.92. The SMILES string of the molecule is O=C(O)Cc1ccccc1CNCc1ccno1. The largest absolute Gasteiger partial charge is 0.481 e. The van der Waals surface area contributed by atoms with Crippen molar-refractivity contribution in [2.45, 2.75) is 19.5 Å². The lowest BCUT2D eigenvalue weighted by Gasteiger charge is -2.08. The van der Waals surface area contributed by atoms with Crippen LogP contribution in [0.5, 0.6) is 0 Å². The fraction of sp³-hybridized carbons (Fsp3) is 0.231. The van der Waals surface area contributed by atoms with E-state index in [4.69, 9.17) is 9.63 Å². The van der Waals surface area contributed by atoms with Crippen molar-refractivity contribution in [1.29, 1.82) is 0 Å². The Hall–Kier alpha value is -2.14. The van der Waals surface area contributed by atoms with E-state index in [2.05, 4.69) is 10.5 Å². The molecule has 2 N–H and O–H groups in total. The predicted molar refractivity (Wildman–Crippen MR) is 64.8 cm³/mol. The minimum Gasteiger partial charge on any atom is -0.481 e. The molecule has 0 spiro atoms. The molecule has 5 nitrogen and oxygen atoms in total. The molecule has 0 fully saturated rings. The number of nitrogens with one attached hydrogen (secondary N) is 1. The van der Waals surface area contributed by atoms with Crippen LogP contribution in [0.15, 0.2) is 41.1 Å². The van der Waals surface area contributed by atoms with Crippen LogP contribution in [0, 0.1) is 0 Å². The van der Waals surface area contributed by atoms with Gasteiger partial charge in [-0.1, -0.05) is 29.4 Å². The van der Waals surface area contributed by atoms with E-state index in [9.17, 15) is 4.79 Å². The van der Waals surface area contributed by atoms with Gasteiger partial charge in [-0.25, -0.2) is 0 Å². The van der Waals surface area contributed by atoms with Crippen LogP contribution < -0.4 is 5.32 Å².